The van der Waals surface area contributed by atoms with E-state index in [1.165, 1.54) is 6.92 Å². The zero-order valence-corrected chi connectivity index (χ0v) is 18.3. The molecule has 4 N–H and O–H groups in total. The third kappa shape index (κ3) is 9.44. The first-order valence-electron chi connectivity index (χ1n) is 9.36. The summed E-state index contributed by atoms with van der Waals surface area (Å²) in [4.78, 5) is 48.2. The first kappa shape index (κ1) is 27.1. The van der Waals surface area contributed by atoms with Crippen molar-refractivity contribution in [2.24, 2.45) is 17.8 Å². The van der Waals surface area contributed by atoms with Gasteiger partial charge >= 0.3 is 11.9 Å². The van der Waals surface area contributed by atoms with Crippen LogP contribution in [0.1, 0.15) is 13.3 Å². The van der Waals surface area contributed by atoms with E-state index in [0.717, 1.165) is 0 Å². The number of carboxylic acid groups (broad SMARTS) is 2. The molecule has 0 saturated heterocycles. The molecule has 0 spiro atoms. The molecule has 0 amide bonds. The molecular weight excluding hydrogens is 384 g/mol. The first-order valence-corrected chi connectivity index (χ1v) is 9.36. The number of aliphatic hydroxyl groups is 2. The van der Waals surface area contributed by atoms with Gasteiger partial charge in [-0.2, -0.15) is 0 Å². The van der Waals surface area contributed by atoms with Crippen molar-refractivity contribution in [2.75, 3.05) is 55.4 Å². The summed E-state index contributed by atoms with van der Waals surface area (Å²) >= 11 is 0. The molecule has 0 rings (SSSR count). The Morgan fingerprint density at radius 1 is 0.724 bits per heavy atom. The van der Waals surface area contributed by atoms with E-state index in [1.54, 1.807) is 42.3 Å². The smallest absolute Gasteiger partial charge is 0.316 e. The lowest BCUT2D eigenvalue weighted by atomic mass is 9.83. The number of aliphatic hydroxyl groups excluding tert-OH is 2. The maximum Gasteiger partial charge on any atom is 0.316 e. The van der Waals surface area contributed by atoms with E-state index in [-0.39, 0.29) is 22.1 Å². The quantitative estimate of drug-likeness (QED) is 0.212. The summed E-state index contributed by atoms with van der Waals surface area (Å²) < 4.78 is 0.453. The van der Waals surface area contributed by atoms with Crippen LogP contribution in [-0.2, 0) is 19.2 Å². The van der Waals surface area contributed by atoms with E-state index in [4.69, 9.17) is 0 Å². The van der Waals surface area contributed by atoms with E-state index >= 15 is 0 Å². The average molecular weight is 421 g/mol. The number of rotatable bonds is 13. The molecule has 0 aliphatic carbocycles. The standard InChI is InChI=1S/C19H34N2O8/c1-11(17(25)16(19(28)29)14(24)10-21(5,6)7)8-12(22)15(18(26)27)13(23)9-20(2,3)4/h11,13-16,23-24H,8-10H2,1-7H3/p+2. The molecule has 29 heavy (non-hydrogen) atoms. The van der Waals surface area contributed by atoms with Crippen molar-refractivity contribution in [3.05, 3.63) is 0 Å². The molecule has 0 aromatic carbocycles. The molecule has 0 radical (unpaired) electrons. The summed E-state index contributed by atoms with van der Waals surface area (Å²) in [6.07, 6.45) is -3.46. The van der Waals surface area contributed by atoms with Crippen molar-refractivity contribution < 1.29 is 48.6 Å². The van der Waals surface area contributed by atoms with Gasteiger partial charge in [0, 0.05) is 12.3 Å². The summed E-state index contributed by atoms with van der Waals surface area (Å²) in [5, 5.41) is 39.2. The second-order valence-electron chi connectivity index (χ2n) is 9.69. The van der Waals surface area contributed by atoms with Crippen molar-refractivity contribution >= 4 is 23.5 Å². The highest BCUT2D eigenvalue weighted by atomic mass is 16.4. The Kier molecular flexibility index (Phi) is 9.58. The van der Waals surface area contributed by atoms with Crippen molar-refractivity contribution in [3.8, 4) is 0 Å². The van der Waals surface area contributed by atoms with Crippen LogP contribution in [0.25, 0.3) is 0 Å². The van der Waals surface area contributed by atoms with Gasteiger partial charge in [0.2, 0.25) is 0 Å². The van der Waals surface area contributed by atoms with Gasteiger partial charge in [-0.05, 0) is 0 Å². The molecule has 168 valence electrons. The van der Waals surface area contributed by atoms with E-state index in [1.807, 2.05) is 0 Å². The van der Waals surface area contributed by atoms with Crippen molar-refractivity contribution in [2.45, 2.75) is 25.6 Å². The van der Waals surface area contributed by atoms with E-state index < -0.39 is 59.9 Å². The molecule has 0 saturated carbocycles. The molecule has 0 aliphatic rings. The Balaban J connectivity index is 5.40. The minimum Gasteiger partial charge on any atom is -0.481 e. The van der Waals surface area contributed by atoms with Crippen LogP contribution in [0.5, 0.6) is 0 Å². The summed E-state index contributed by atoms with van der Waals surface area (Å²) in [6.45, 7) is 1.33. The molecule has 0 aliphatic heterocycles. The summed E-state index contributed by atoms with van der Waals surface area (Å²) in [7, 11) is 10.4. The maximum absolute atomic E-state index is 12.6. The van der Waals surface area contributed by atoms with Gasteiger partial charge in [-0.25, -0.2) is 0 Å². The van der Waals surface area contributed by atoms with Gasteiger partial charge in [-0.3, -0.25) is 19.2 Å². The van der Waals surface area contributed by atoms with Crippen molar-refractivity contribution in [1.82, 2.24) is 0 Å². The second kappa shape index (κ2) is 10.2. The highest BCUT2D eigenvalue weighted by molar-refractivity contribution is 6.04. The molecule has 10 heteroatoms. The molecule has 0 heterocycles. The first-order chi connectivity index (χ1) is 12.9. The van der Waals surface area contributed by atoms with Gasteiger partial charge in [0.15, 0.2) is 11.6 Å². The summed E-state index contributed by atoms with van der Waals surface area (Å²) in [5.41, 5.74) is 0. The largest absolute Gasteiger partial charge is 0.481 e. The predicted molar refractivity (Wildman–Crippen MR) is 104 cm³/mol. The maximum atomic E-state index is 12.6. The Bertz CT molecular complexity index is 621. The minimum absolute atomic E-state index is 0.00331. The van der Waals surface area contributed by atoms with E-state index in [0.29, 0.717) is 0 Å². The van der Waals surface area contributed by atoms with Crippen LogP contribution in [0, 0.1) is 17.8 Å². The van der Waals surface area contributed by atoms with Gasteiger partial charge in [0.05, 0.1) is 42.3 Å². The molecular formula is C19H36N2O8+2. The highest BCUT2D eigenvalue weighted by Gasteiger charge is 2.42. The molecule has 5 atom stereocenters. The van der Waals surface area contributed by atoms with Crippen LogP contribution in [0.4, 0.5) is 0 Å². The number of Topliss-reactive ketones (excluding diaryl/α,β-unsaturated/α-hetero) is 2. The normalized spacial score (nSPS) is 17.7. The predicted octanol–water partition coefficient (Wildman–Crippen LogP) is -1.31. The molecule has 0 aromatic heterocycles. The number of carboxylic acids is 2. The van der Waals surface area contributed by atoms with Crippen LogP contribution < -0.4 is 0 Å². The Morgan fingerprint density at radius 2 is 1.07 bits per heavy atom. The monoisotopic (exact) mass is 420 g/mol. The number of quaternary nitrogens is 2. The van der Waals surface area contributed by atoms with Gasteiger partial charge in [0.25, 0.3) is 0 Å². The number of likely N-dealkylation sites (N-methyl/N-ethyl adjacent to an activating group) is 2. The zero-order valence-electron chi connectivity index (χ0n) is 18.3. The molecule has 0 bridgehead atoms. The topological polar surface area (TPSA) is 149 Å². The van der Waals surface area contributed by atoms with Crippen LogP contribution in [-0.4, -0.2) is 120 Å². The third-order valence-electron chi connectivity index (χ3n) is 4.42. The van der Waals surface area contributed by atoms with Crippen LogP contribution >= 0.6 is 0 Å². The summed E-state index contributed by atoms with van der Waals surface area (Å²) in [5.74, 6) is -9.28. The number of hydrogen-bond donors (Lipinski definition) is 4. The molecule has 0 aromatic rings. The fraction of sp³-hybridized carbons (Fsp3) is 0.789. The highest BCUT2D eigenvalue weighted by Crippen LogP contribution is 2.21. The summed E-state index contributed by atoms with van der Waals surface area (Å²) in [6, 6.07) is 0. The fourth-order valence-corrected chi connectivity index (χ4v) is 3.16. The number of carbonyl (C=O) groups excluding carboxylic acids is 2. The Labute approximate surface area is 171 Å². The number of carbonyl (C=O) groups is 4. The number of hydrogen-bond acceptors (Lipinski definition) is 6. The van der Waals surface area contributed by atoms with Crippen LogP contribution in [0.3, 0.4) is 0 Å². The molecule has 10 nitrogen and oxygen atoms in total. The lowest BCUT2D eigenvalue weighted by molar-refractivity contribution is -0.873. The third-order valence-corrected chi connectivity index (χ3v) is 4.42. The Hall–Kier alpha value is -1.88. The average Bonchev–Trinajstić information content (AvgIpc) is 2.41. The van der Waals surface area contributed by atoms with Crippen LogP contribution in [0.15, 0.2) is 0 Å². The fourth-order valence-electron chi connectivity index (χ4n) is 3.16. The zero-order chi connectivity index (χ0) is 23.3. The number of aliphatic carboxylic acids is 2. The van der Waals surface area contributed by atoms with E-state index in [9.17, 15) is 39.6 Å². The Morgan fingerprint density at radius 3 is 1.38 bits per heavy atom. The second-order valence-corrected chi connectivity index (χ2v) is 9.69. The van der Waals surface area contributed by atoms with Gasteiger partial charge in [-0.15, -0.1) is 0 Å². The molecule has 0 fully saturated rings. The van der Waals surface area contributed by atoms with Crippen molar-refractivity contribution in [3.63, 3.8) is 0 Å². The van der Waals surface area contributed by atoms with Gasteiger partial charge in [-0.1, -0.05) is 6.92 Å². The van der Waals surface area contributed by atoms with Gasteiger partial charge < -0.3 is 29.4 Å². The van der Waals surface area contributed by atoms with Crippen LogP contribution in [0.2, 0.25) is 0 Å². The van der Waals surface area contributed by atoms with E-state index in [2.05, 4.69) is 0 Å². The molecule has 5 unspecified atom stereocenters. The lowest BCUT2D eigenvalue weighted by Crippen LogP contribution is -2.50. The lowest BCUT2D eigenvalue weighted by Gasteiger charge is -2.30. The minimum atomic E-state index is -1.73. The van der Waals surface area contributed by atoms with Crippen molar-refractivity contribution in [1.29, 1.82) is 0 Å². The SMILES string of the molecule is CC(CC(=O)C(C(=O)O)C(O)C[N+](C)(C)C)C(=O)C(C(=O)O)C(O)C[N+](C)(C)C. The number of nitrogens with zero attached hydrogens (tertiary/aromatic N) is 2. The van der Waals surface area contributed by atoms with Gasteiger partial charge in [0.1, 0.15) is 37.1 Å². The number of ketones is 2.